The molecule has 1 fully saturated rings. The van der Waals surface area contributed by atoms with Crippen LogP contribution < -0.4 is 5.32 Å². The van der Waals surface area contributed by atoms with Crippen LogP contribution in [0.5, 0.6) is 0 Å². The number of aryl methyl sites for hydroxylation is 3. The van der Waals surface area contributed by atoms with Crippen LogP contribution in [0.15, 0.2) is 12.1 Å². The number of nitrogens with one attached hydrogen (secondary N) is 1. The van der Waals surface area contributed by atoms with Crippen molar-refractivity contribution in [2.75, 3.05) is 30.4 Å². The summed E-state index contributed by atoms with van der Waals surface area (Å²) in [5, 5.41) is 2.87. The first kappa shape index (κ1) is 19.4. The minimum atomic E-state index is -2.99. The zero-order valence-corrected chi connectivity index (χ0v) is 16.1. The molecule has 0 unspecified atom stereocenters. The fraction of sp³-hybridized carbons (Fsp3) is 0.556. The second-order valence-electron chi connectivity index (χ2n) is 7.04. The molecule has 0 bridgehead atoms. The molecule has 0 aromatic heterocycles. The SMILES string of the molecule is Cc1cc(C)c(NC(=O)CN(C)C(=O)C[C@H]2CCS(=O)(=O)C2)c(C)c1. The van der Waals surface area contributed by atoms with Crippen LogP contribution in [0.1, 0.15) is 29.5 Å². The summed E-state index contributed by atoms with van der Waals surface area (Å²) in [6, 6.07) is 4.00. The second-order valence-corrected chi connectivity index (χ2v) is 9.27. The van der Waals surface area contributed by atoms with Crippen LogP contribution in [-0.2, 0) is 19.4 Å². The van der Waals surface area contributed by atoms with Crippen LogP contribution in [0.4, 0.5) is 5.69 Å². The number of carbonyl (C=O) groups is 2. The van der Waals surface area contributed by atoms with Gasteiger partial charge in [-0.25, -0.2) is 8.42 Å². The first-order chi connectivity index (χ1) is 11.6. The quantitative estimate of drug-likeness (QED) is 0.862. The first-order valence-electron chi connectivity index (χ1n) is 8.39. The molecule has 1 atom stereocenters. The predicted octanol–water partition coefficient (Wildman–Crippen LogP) is 1.83. The van der Waals surface area contributed by atoms with Gasteiger partial charge in [0, 0.05) is 19.2 Å². The molecular weight excluding hydrogens is 340 g/mol. The van der Waals surface area contributed by atoms with Crippen LogP contribution in [0.3, 0.4) is 0 Å². The Kier molecular flexibility index (Phi) is 5.87. The lowest BCUT2D eigenvalue weighted by Crippen LogP contribution is -2.36. The second kappa shape index (κ2) is 7.56. The maximum Gasteiger partial charge on any atom is 0.243 e. The highest BCUT2D eigenvalue weighted by molar-refractivity contribution is 7.91. The van der Waals surface area contributed by atoms with Crippen molar-refractivity contribution in [3.8, 4) is 0 Å². The number of amides is 2. The van der Waals surface area contributed by atoms with Gasteiger partial charge in [0.25, 0.3) is 0 Å². The summed E-state index contributed by atoms with van der Waals surface area (Å²) >= 11 is 0. The number of nitrogens with zero attached hydrogens (tertiary/aromatic N) is 1. The minimum Gasteiger partial charge on any atom is -0.336 e. The molecule has 2 amide bonds. The van der Waals surface area contributed by atoms with Crippen LogP contribution >= 0.6 is 0 Å². The molecule has 1 aliphatic rings. The van der Waals surface area contributed by atoms with E-state index in [0.717, 1.165) is 22.4 Å². The normalized spacial score (nSPS) is 18.8. The maximum absolute atomic E-state index is 12.3. The Morgan fingerprint density at radius 1 is 1.20 bits per heavy atom. The molecule has 1 N–H and O–H groups in total. The van der Waals surface area contributed by atoms with Gasteiger partial charge in [-0.1, -0.05) is 17.7 Å². The van der Waals surface area contributed by atoms with Crippen molar-refractivity contribution in [1.82, 2.24) is 4.90 Å². The minimum absolute atomic E-state index is 0.0505. The lowest BCUT2D eigenvalue weighted by atomic mass is 10.0. The highest BCUT2D eigenvalue weighted by atomic mass is 32.2. The Labute approximate surface area is 149 Å². The Balaban J connectivity index is 1.91. The number of rotatable bonds is 5. The topological polar surface area (TPSA) is 83.6 Å². The number of likely N-dealkylation sites (N-methyl/N-ethyl adjacent to an activating group) is 1. The molecule has 0 aliphatic carbocycles. The van der Waals surface area contributed by atoms with Gasteiger partial charge in [0.15, 0.2) is 9.84 Å². The molecule has 0 spiro atoms. The molecular formula is C18H26N2O4S. The molecule has 1 heterocycles. The third-order valence-electron chi connectivity index (χ3n) is 4.54. The summed E-state index contributed by atoms with van der Waals surface area (Å²) in [5.74, 6) is -0.370. The molecule has 1 saturated heterocycles. The average Bonchev–Trinajstić information content (AvgIpc) is 2.81. The van der Waals surface area contributed by atoms with E-state index in [1.54, 1.807) is 7.05 Å². The number of anilines is 1. The van der Waals surface area contributed by atoms with E-state index in [-0.39, 0.29) is 42.2 Å². The number of sulfone groups is 1. The summed E-state index contributed by atoms with van der Waals surface area (Å²) in [7, 11) is -1.42. The van der Waals surface area contributed by atoms with Crippen molar-refractivity contribution < 1.29 is 18.0 Å². The molecule has 1 aromatic rings. The van der Waals surface area contributed by atoms with E-state index in [9.17, 15) is 18.0 Å². The fourth-order valence-corrected chi connectivity index (χ4v) is 5.16. The van der Waals surface area contributed by atoms with E-state index in [1.807, 2.05) is 32.9 Å². The lowest BCUT2D eigenvalue weighted by molar-refractivity contribution is -0.134. The lowest BCUT2D eigenvalue weighted by Gasteiger charge is -2.19. The highest BCUT2D eigenvalue weighted by Crippen LogP contribution is 2.23. The molecule has 0 saturated carbocycles. The predicted molar refractivity (Wildman–Crippen MR) is 98.3 cm³/mol. The Bertz CT molecular complexity index is 763. The van der Waals surface area contributed by atoms with E-state index in [1.165, 1.54) is 4.90 Å². The van der Waals surface area contributed by atoms with Gasteiger partial charge in [-0.3, -0.25) is 9.59 Å². The summed E-state index contributed by atoms with van der Waals surface area (Å²) in [6.45, 7) is 5.82. The Morgan fingerprint density at radius 3 is 2.32 bits per heavy atom. The van der Waals surface area contributed by atoms with E-state index < -0.39 is 9.84 Å². The monoisotopic (exact) mass is 366 g/mol. The van der Waals surface area contributed by atoms with E-state index in [2.05, 4.69) is 5.32 Å². The van der Waals surface area contributed by atoms with Gasteiger partial charge in [0.05, 0.1) is 18.1 Å². The van der Waals surface area contributed by atoms with Crippen molar-refractivity contribution in [1.29, 1.82) is 0 Å². The van der Waals surface area contributed by atoms with E-state index in [4.69, 9.17) is 0 Å². The third-order valence-corrected chi connectivity index (χ3v) is 6.37. The maximum atomic E-state index is 12.3. The van der Waals surface area contributed by atoms with Crippen LogP contribution in [-0.4, -0.2) is 50.2 Å². The van der Waals surface area contributed by atoms with Crippen LogP contribution in [0, 0.1) is 26.7 Å². The first-order valence-corrected chi connectivity index (χ1v) is 10.2. The summed E-state index contributed by atoms with van der Waals surface area (Å²) in [4.78, 5) is 25.8. The standard InChI is InChI=1S/C18H26N2O4S/c1-12-7-13(2)18(14(3)8-12)19-16(21)10-20(4)17(22)9-15-5-6-25(23,24)11-15/h7-8,15H,5-6,9-11H2,1-4H3,(H,19,21)/t15-/m1/s1. The average molecular weight is 366 g/mol. The van der Waals surface area contributed by atoms with Crippen molar-refractivity contribution in [3.05, 3.63) is 28.8 Å². The molecule has 2 rings (SSSR count). The zero-order chi connectivity index (χ0) is 18.8. The molecule has 0 radical (unpaired) electrons. The summed E-state index contributed by atoms with van der Waals surface area (Å²) < 4.78 is 22.9. The smallest absolute Gasteiger partial charge is 0.243 e. The van der Waals surface area contributed by atoms with Gasteiger partial charge >= 0.3 is 0 Å². The number of hydrogen-bond acceptors (Lipinski definition) is 4. The number of benzene rings is 1. The molecule has 25 heavy (non-hydrogen) atoms. The van der Waals surface area contributed by atoms with Crippen molar-refractivity contribution in [2.45, 2.75) is 33.6 Å². The zero-order valence-electron chi connectivity index (χ0n) is 15.3. The van der Waals surface area contributed by atoms with Gasteiger partial charge in [-0.2, -0.15) is 0 Å². The van der Waals surface area contributed by atoms with Crippen molar-refractivity contribution in [3.63, 3.8) is 0 Å². The fourth-order valence-electron chi connectivity index (χ4n) is 3.30. The Morgan fingerprint density at radius 2 is 1.80 bits per heavy atom. The van der Waals surface area contributed by atoms with Crippen LogP contribution in [0.2, 0.25) is 0 Å². The van der Waals surface area contributed by atoms with Gasteiger partial charge in [0.1, 0.15) is 0 Å². The molecule has 1 aromatic carbocycles. The largest absolute Gasteiger partial charge is 0.336 e. The van der Waals surface area contributed by atoms with E-state index in [0.29, 0.717) is 6.42 Å². The van der Waals surface area contributed by atoms with Gasteiger partial charge in [-0.15, -0.1) is 0 Å². The van der Waals surface area contributed by atoms with Crippen molar-refractivity contribution in [2.24, 2.45) is 5.92 Å². The molecule has 1 aliphatic heterocycles. The van der Waals surface area contributed by atoms with Crippen molar-refractivity contribution >= 4 is 27.3 Å². The Hall–Kier alpha value is -1.89. The van der Waals surface area contributed by atoms with Crippen LogP contribution in [0.25, 0.3) is 0 Å². The molecule has 6 nitrogen and oxygen atoms in total. The molecule has 138 valence electrons. The van der Waals surface area contributed by atoms with Gasteiger partial charge in [0.2, 0.25) is 11.8 Å². The molecule has 7 heteroatoms. The van der Waals surface area contributed by atoms with Gasteiger partial charge < -0.3 is 10.2 Å². The third kappa shape index (κ3) is 5.29. The number of hydrogen-bond donors (Lipinski definition) is 1. The van der Waals surface area contributed by atoms with E-state index >= 15 is 0 Å². The summed E-state index contributed by atoms with van der Waals surface area (Å²) in [6.07, 6.45) is 0.696. The highest BCUT2D eigenvalue weighted by Gasteiger charge is 2.30. The number of carbonyl (C=O) groups excluding carboxylic acids is 2. The van der Waals surface area contributed by atoms with Gasteiger partial charge in [-0.05, 0) is 44.2 Å². The summed E-state index contributed by atoms with van der Waals surface area (Å²) in [5.41, 5.74) is 3.87.